The van der Waals surface area contributed by atoms with Crippen LogP contribution in [0.1, 0.15) is 39.3 Å². The first-order chi connectivity index (χ1) is 9.37. The van der Waals surface area contributed by atoms with Gasteiger partial charge in [0.2, 0.25) is 0 Å². The zero-order valence-corrected chi connectivity index (χ0v) is 13.7. The standard InChI is InChI=1S/C14H24N2O3S/c1-10(2)16-14(4,12(17)18-5)7-6-8-20-13-15-11(3)9-19-13/h9-10,16H,6-8H2,1-5H3. The van der Waals surface area contributed by atoms with Crippen molar-refractivity contribution >= 4 is 17.7 Å². The summed E-state index contributed by atoms with van der Waals surface area (Å²) >= 11 is 1.56. The van der Waals surface area contributed by atoms with Crippen molar-refractivity contribution in [3.05, 3.63) is 12.0 Å². The summed E-state index contributed by atoms with van der Waals surface area (Å²) in [6.45, 7) is 7.82. The van der Waals surface area contributed by atoms with E-state index in [4.69, 9.17) is 9.15 Å². The quantitative estimate of drug-likeness (QED) is 0.452. The summed E-state index contributed by atoms with van der Waals surface area (Å²) in [4.78, 5) is 16.1. The summed E-state index contributed by atoms with van der Waals surface area (Å²) < 4.78 is 10.2. The van der Waals surface area contributed by atoms with Crippen LogP contribution >= 0.6 is 11.8 Å². The lowest BCUT2D eigenvalue weighted by Gasteiger charge is -2.30. The number of aromatic nitrogens is 1. The lowest BCUT2D eigenvalue weighted by molar-refractivity contribution is -0.148. The van der Waals surface area contributed by atoms with Crippen LogP contribution in [0.25, 0.3) is 0 Å². The highest BCUT2D eigenvalue weighted by atomic mass is 32.2. The molecule has 0 spiro atoms. The van der Waals surface area contributed by atoms with E-state index in [0.29, 0.717) is 11.6 Å². The molecule has 0 saturated heterocycles. The van der Waals surface area contributed by atoms with Crippen molar-refractivity contribution in [1.82, 2.24) is 10.3 Å². The number of esters is 1. The Balaban J connectivity index is 2.44. The molecule has 1 rings (SSSR count). The van der Waals surface area contributed by atoms with Crippen molar-refractivity contribution in [2.75, 3.05) is 12.9 Å². The van der Waals surface area contributed by atoms with Gasteiger partial charge in [0.05, 0.1) is 12.8 Å². The minimum atomic E-state index is -0.643. The van der Waals surface area contributed by atoms with Gasteiger partial charge in [-0.25, -0.2) is 4.98 Å². The number of carbonyl (C=O) groups excluding carboxylic acids is 1. The molecule has 0 aliphatic rings. The van der Waals surface area contributed by atoms with Gasteiger partial charge in [0.15, 0.2) is 0 Å². The number of hydrogen-bond acceptors (Lipinski definition) is 6. The van der Waals surface area contributed by atoms with Gasteiger partial charge in [-0.2, -0.15) is 0 Å². The number of thioether (sulfide) groups is 1. The van der Waals surface area contributed by atoms with Gasteiger partial charge >= 0.3 is 5.97 Å². The van der Waals surface area contributed by atoms with Crippen molar-refractivity contribution in [2.45, 2.75) is 57.3 Å². The number of oxazole rings is 1. The summed E-state index contributed by atoms with van der Waals surface area (Å²) in [5, 5.41) is 3.97. The fourth-order valence-electron chi connectivity index (χ4n) is 2.08. The molecule has 6 heteroatoms. The molecule has 1 heterocycles. The molecule has 0 aliphatic carbocycles. The first-order valence-electron chi connectivity index (χ1n) is 6.78. The smallest absolute Gasteiger partial charge is 0.325 e. The second kappa shape index (κ2) is 7.69. The molecule has 5 nitrogen and oxygen atoms in total. The maximum absolute atomic E-state index is 11.9. The summed E-state index contributed by atoms with van der Waals surface area (Å²) in [7, 11) is 1.42. The largest absolute Gasteiger partial charge is 0.468 e. The fourth-order valence-corrected chi connectivity index (χ4v) is 2.87. The number of carbonyl (C=O) groups is 1. The fraction of sp³-hybridized carbons (Fsp3) is 0.714. The Hall–Kier alpha value is -1.01. The second-order valence-electron chi connectivity index (χ2n) is 5.33. The maximum Gasteiger partial charge on any atom is 0.325 e. The first-order valence-corrected chi connectivity index (χ1v) is 7.77. The molecular weight excluding hydrogens is 276 g/mol. The van der Waals surface area contributed by atoms with E-state index in [0.717, 1.165) is 17.9 Å². The van der Waals surface area contributed by atoms with E-state index in [-0.39, 0.29) is 12.0 Å². The average molecular weight is 300 g/mol. The highest BCUT2D eigenvalue weighted by Crippen LogP contribution is 2.22. The van der Waals surface area contributed by atoms with Gasteiger partial charge in [-0.3, -0.25) is 10.1 Å². The van der Waals surface area contributed by atoms with Gasteiger partial charge in [0.25, 0.3) is 5.22 Å². The van der Waals surface area contributed by atoms with E-state index < -0.39 is 5.54 Å². The van der Waals surface area contributed by atoms with Gasteiger partial charge in [-0.15, -0.1) is 0 Å². The zero-order chi connectivity index (χ0) is 15.2. The highest BCUT2D eigenvalue weighted by Gasteiger charge is 2.34. The van der Waals surface area contributed by atoms with E-state index in [1.807, 2.05) is 27.7 Å². The molecule has 0 aromatic carbocycles. The Morgan fingerprint density at radius 2 is 2.30 bits per heavy atom. The molecule has 114 valence electrons. The monoisotopic (exact) mass is 300 g/mol. The molecule has 1 atom stereocenters. The second-order valence-corrected chi connectivity index (χ2v) is 6.38. The van der Waals surface area contributed by atoms with E-state index in [9.17, 15) is 4.79 Å². The van der Waals surface area contributed by atoms with Crippen LogP contribution in [-0.4, -0.2) is 35.4 Å². The van der Waals surface area contributed by atoms with E-state index in [2.05, 4.69) is 10.3 Å². The summed E-state index contributed by atoms with van der Waals surface area (Å²) in [6, 6.07) is 0.223. The number of methoxy groups -OCH3 is 1. The Kier molecular flexibility index (Phi) is 6.55. The van der Waals surface area contributed by atoms with Crippen LogP contribution in [0.15, 0.2) is 15.9 Å². The Morgan fingerprint density at radius 1 is 1.60 bits per heavy atom. The van der Waals surface area contributed by atoms with Crippen molar-refractivity contribution in [3.8, 4) is 0 Å². The third-order valence-corrected chi connectivity index (χ3v) is 3.82. The van der Waals surface area contributed by atoms with Crippen molar-refractivity contribution < 1.29 is 13.9 Å². The Morgan fingerprint density at radius 3 is 2.80 bits per heavy atom. The number of ether oxygens (including phenoxy) is 1. The van der Waals surface area contributed by atoms with Crippen molar-refractivity contribution in [2.24, 2.45) is 0 Å². The molecule has 1 unspecified atom stereocenters. The highest BCUT2D eigenvalue weighted by molar-refractivity contribution is 7.99. The number of rotatable bonds is 8. The molecule has 1 aromatic heterocycles. The van der Waals surface area contributed by atoms with Gasteiger partial charge < -0.3 is 9.15 Å². The molecule has 1 N–H and O–H groups in total. The molecule has 1 aromatic rings. The van der Waals surface area contributed by atoms with Crippen LogP contribution in [0, 0.1) is 6.92 Å². The predicted octanol–water partition coefficient (Wildman–Crippen LogP) is 2.79. The van der Waals surface area contributed by atoms with Crippen LogP contribution in [0.4, 0.5) is 0 Å². The van der Waals surface area contributed by atoms with Crippen molar-refractivity contribution in [3.63, 3.8) is 0 Å². The van der Waals surface area contributed by atoms with Crippen LogP contribution < -0.4 is 5.32 Å². The van der Waals surface area contributed by atoms with Gasteiger partial charge in [-0.1, -0.05) is 11.8 Å². The number of hydrogen-bond donors (Lipinski definition) is 1. The summed E-state index contributed by atoms with van der Waals surface area (Å²) in [5.41, 5.74) is 0.240. The van der Waals surface area contributed by atoms with Crippen molar-refractivity contribution in [1.29, 1.82) is 0 Å². The third kappa shape index (κ3) is 5.17. The lowest BCUT2D eigenvalue weighted by Crippen LogP contribution is -2.53. The molecule has 0 radical (unpaired) electrons. The van der Waals surface area contributed by atoms with Crippen LogP contribution in [-0.2, 0) is 9.53 Å². The van der Waals surface area contributed by atoms with Gasteiger partial charge in [0, 0.05) is 11.8 Å². The molecule has 0 fully saturated rings. The Bertz CT molecular complexity index is 434. The topological polar surface area (TPSA) is 64.4 Å². The lowest BCUT2D eigenvalue weighted by atomic mass is 9.95. The number of nitrogens with one attached hydrogen (secondary N) is 1. The number of aryl methyl sites for hydroxylation is 1. The Labute approximate surface area is 124 Å². The number of nitrogens with zero attached hydrogens (tertiary/aromatic N) is 1. The minimum Gasteiger partial charge on any atom is -0.468 e. The molecule has 0 saturated carbocycles. The predicted molar refractivity (Wildman–Crippen MR) is 79.9 cm³/mol. The average Bonchev–Trinajstić information content (AvgIpc) is 2.78. The molecule has 0 bridgehead atoms. The van der Waals surface area contributed by atoms with Crippen LogP contribution in [0.5, 0.6) is 0 Å². The van der Waals surface area contributed by atoms with E-state index in [1.165, 1.54) is 7.11 Å². The minimum absolute atomic E-state index is 0.219. The van der Waals surface area contributed by atoms with Gasteiger partial charge in [0.1, 0.15) is 11.8 Å². The molecule has 0 aliphatic heterocycles. The van der Waals surface area contributed by atoms with Crippen LogP contribution in [0.3, 0.4) is 0 Å². The third-order valence-electron chi connectivity index (χ3n) is 2.89. The molecular formula is C14H24N2O3S. The van der Waals surface area contributed by atoms with Gasteiger partial charge in [-0.05, 0) is 40.5 Å². The molecule has 0 amide bonds. The summed E-state index contributed by atoms with van der Waals surface area (Å²) in [5.74, 6) is 0.634. The zero-order valence-electron chi connectivity index (χ0n) is 12.9. The molecule has 20 heavy (non-hydrogen) atoms. The van der Waals surface area contributed by atoms with E-state index >= 15 is 0 Å². The SMILES string of the molecule is COC(=O)C(C)(CCCSc1nc(C)co1)NC(C)C. The maximum atomic E-state index is 11.9. The first kappa shape index (κ1) is 17.0. The van der Waals surface area contributed by atoms with E-state index in [1.54, 1.807) is 18.0 Å². The summed E-state index contributed by atoms with van der Waals surface area (Å²) in [6.07, 6.45) is 3.23. The normalized spacial score (nSPS) is 14.3. The van der Waals surface area contributed by atoms with Crippen LogP contribution in [0.2, 0.25) is 0 Å².